The fourth-order valence-electron chi connectivity index (χ4n) is 4.23. The van der Waals surface area contributed by atoms with Crippen molar-refractivity contribution in [2.24, 2.45) is 11.8 Å². The minimum Gasteiger partial charge on any atom is -0.358 e. The zero-order valence-corrected chi connectivity index (χ0v) is 21.0. The molecule has 0 spiro atoms. The highest BCUT2D eigenvalue weighted by Gasteiger charge is 2.34. The summed E-state index contributed by atoms with van der Waals surface area (Å²) in [6, 6.07) is 8.17. The molecule has 0 saturated heterocycles. The molecule has 34 heavy (non-hydrogen) atoms. The molecule has 9 heteroatoms. The number of thiophene rings is 1. The lowest BCUT2D eigenvalue weighted by Crippen LogP contribution is -2.46. The van der Waals surface area contributed by atoms with E-state index in [2.05, 4.69) is 33.7 Å². The first-order valence-corrected chi connectivity index (χ1v) is 13.3. The fraction of sp³-hybridized carbons (Fsp3) is 0.480. The van der Waals surface area contributed by atoms with E-state index in [0.29, 0.717) is 34.6 Å². The van der Waals surface area contributed by atoms with Crippen LogP contribution in [0, 0.1) is 18.8 Å². The number of anilines is 2. The highest BCUT2D eigenvalue weighted by atomic mass is 32.1. The average molecular weight is 498 g/mol. The van der Waals surface area contributed by atoms with Gasteiger partial charge in [-0.3, -0.25) is 20.4 Å². The van der Waals surface area contributed by atoms with E-state index < -0.39 is 0 Å². The number of nitrogens with one attached hydrogen (secondary N) is 5. The number of rotatable bonds is 8. The maximum absolute atomic E-state index is 13.2. The van der Waals surface area contributed by atoms with Crippen LogP contribution in [-0.2, 0) is 17.6 Å². The summed E-state index contributed by atoms with van der Waals surface area (Å²) in [6.07, 6.45) is 6.71. The van der Waals surface area contributed by atoms with Crippen molar-refractivity contribution >= 4 is 51.2 Å². The van der Waals surface area contributed by atoms with Crippen molar-refractivity contribution in [2.45, 2.75) is 57.9 Å². The summed E-state index contributed by atoms with van der Waals surface area (Å²) < 4.78 is 0. The van der Waals surface area contributed by atoms with E-state index in [1.54, 1.807) is 11.3 Å². The summed E-state index contributed by atoms with van der Waals surface area (Å²) in [7, 11) is 0. The van der Waals surface area contributed by atoms with Crippen molar-refractivity contribution in [3.8, 4) is 0 Å². The van der Waals surface area contributed by atoms with Gasteiger partial charge in [0.15, 0.2) is 5.11 Å². The van der Waals surface area contributed by atoms with Crippen molar-refractivity contribution in [2.75, 3.05) is 17.3 Å². The Morgan fingerprint density at radius 2 is 1.85 bits per heavy atom. The molecular formula is C25H31N5O2S2. The Morgan fingerprint density at radius 1 is 1.09 bits per heavy atom. The van der Waals surface area contributed by atoms with Crippen molar-refractivity contribution < 1.29 is 9.59 Å². The van der Waals surface area contributed by atoms with Gasteiger partial charge in [-0.15, -0.1) is 11.3 Å². The van der Waals surface area contributed by atoms with Gasteiger partial charge >= 0.3 is 0 Å². The molecule has 3 aliphatic carbocycles. The van der Waals surface area contributed by atoms with Crippen LogP contribution in [0.2, 0.25) is 0 Å². The minimum atomic E-state index is -0.0714. The first-order valence-electron chi connectivity index (χ1n) is 12.1. The van der Waals surface area contributed by atoms with Gasteiger partial charge in [0.25, 0.3) is 5.91 Å². The maximum atomic E-state index is 13.2. The Bertz CT molecular complexity index is 1090. The van der Waals surface area contributed by atoms with E-state index in [4.69, 9.17) is 12.2 Å². The first-order chi connectivity index (χ1) is 16.5. The molecule has 0 radical (unpaired) electrons. The summed E-state index contributed by atoms with van der Waals surface area (Å²) in [5.74, 6) is 0.664. The second-order valence-electron chi connectivity index (χ2n) is 9.65. The summed E-state index contributed by atoms with van der Waals surface area (Å²) >= 11 is 7.06. The van der Waals surface area contributed by atoms with Gasteiger partial charge in [-0.25, -0.2) is 0 Å². The van der Waals surface area contributed by atoms with E-state index in [0.717, 1.165) is 36.9 Å². The second kappa shape index (κ2) is 9.92. The number of carbonyl (C=O) groups is 2. The van der Waals surface area contributed by atoms with Crippen molar-refractivity contribution in [3.05, 3.63) is 45.8 Å². The lowest BCUT2D eigenvalue weighted by molar-refractivity contribution is -0.117. The van der Waals surface area contributed by atoms with Crippen LogP contribution in [0.4, 0.5) is 10.7 Å². The molecule has 5 N–H and O–H groups in total. The Hall–Kier alpha value is -2.65. The lowest BCUT2D eigenvalue weighted by Gasteiger charge is -2.25. The highest BCUT2D eigenvalue weighted by molar-refractivity contribution is 7.80. The van der Waals surface area contributed by atoms with Crippen LogP contribution in [-0.4, -0.2) is 29.5 Å². The number of hydrogen-bond donors (Lipinski definition) is 5. The van der Waals surface area contributed by atoms with Crippen LogP contribution in [0.1, 0.15) is 58.5 Å². The summed E-state index contributed by atoms with van der Waals surface area (Å²) in [5, 5.41) is 10.8. The SMILES string of the molecule is Cc1ccc(NNC(=S)NC2CCc3sc(NC(=O)C4CC4)c(C(=O)NCC4CC4)c3C2)cc1. The van der Waals surface area contributed by atoms with Crippen LogP contribution in [0.15, 0.2) is 24.3 Å². The summed E-state index contributed by atoms with van der Waals surface area (Å²) in [5.41, 5.74) is 10.0. The summed E-state index contributed by atoms with van der Waals surface area (Å²) in [6.45, 7) is 2.76. The smallest absolute Gasteiger partial charge is 0.254 e. The number of carbonyl (C=O) groups excluding carboxylic acids is 2. The Morgan fingerprint density at radius 3 is 2.56 bits per heavy atom. The molecule has 2 saturated carbocycles. The molecule has 2 fully saturated rings. The van der Waals surface area contributed by atoms with Crippen LogP contribution >= 0.6 is 23.6 Å². The normalized spacial score (nSPS) is 19.0. The topological polar surface area (TPSA) is 94.3 Å². The van der Waals surface area contributed by atoms with Gasteiger partial charge in [-0.05, 0) is 87.7 Å². The minimum absolute atomic E-state index is 0.0390. The molecule has 1 aromatic carbocycles. The van der Waals surface area contributed by atoms with Crippen molar-refractivity contribution in [1.29, 1.82) is 0 Å². The quantitative estimate of drug-likeness (QED) is 0.281. The molecular weight excluding hydrogens is 466 g/mol. The lowest BCUT2D eigenvalue weighted by atomic mass is 9.91. The van der Waals surface area contributed by atoms with E-state index in [-0.39, 0.29) is 23.8 Å². The zero-order chi connectivity index (χ0) is 23.7. The van der Waals surface area contributed by atoms with Gasteiger partial charge < -0.3 is 16.0 Å². The van der Waals surface area contributed by atoms with Crippen LogP contribution in [0.25, 0.3) is 0 Å². The van der Waals surface area contributed by atoms with E-state index >= 15 is 0 Å². The average Bonchev–Trinajstić information content (AvgIpc) is 3.74. The first kappa shape index (κ1) is 23.1. The number of amides is 2. The standard InChI is InChI=1S/C25H31N5O2S2/c1-14-2-8-17(9-3-14)29-30-25(33)27-18-10-11-20-19(12-18)21(23(32)26-13-15-4-5-15)24(34-20)28-22(31)16-6-7-16/h2-3,8-9,15-16,18,29H,4-7,10-13H2,1H3,(H,26,32)(H,28,31)(H2,27,30,33). The third kappa shape index (κ3) is 5.70. The maximum Gasteiger partial charge on any atom is 0.254 e. The second-order valence-corrected chi connectivity index (χ2v) is 11.2. The molecule has 1 atom stereocenters. The predicted octanol–water partition coefficient (Wildman–Crippen LogP) is 3.89. The van der Waals surface area contributed by atoms with Crippen LogP contribution < -0.4 is 26.8 Å². The van der Waals surface area contributed by atoms with Gasteiger partial charge in [0.2, 0.25) is 5.91 Å². The van der Waals surface area contributed by atoms with E-state index in [1.165, 1.54) is 23.3 Å². The van der Waals surface area contributed by atoms with Gasteiger partial charge in [0.1, 0.15) is 5.00 Å². The number of hydrogen-bond acceptors (Lipinski definition) is 5. The fourth-order valence-corrected chi connectivity index (χ4v) is 5.69. The third-order valence-corrected chi connectivity index (χ3v) is 8.06. The van der Waals surface area contributed by atoms with E-state index in [1.807, 2.05) is 24.3 Å². The Kier molecular flexibility index (Phi) is 6.74. The molecule has 0 bridgehead atoms. The molecule has 2 amide bonds. The molecule has 0 aliphatic heterocycles. The Balaban J connectivity index is 1.25. The molecule has 2 aromatic rings. The predicted molar refractivity (Wildman–Crippen MR) is 140 cm³/mol. The number of thiocarbonyl (C=S) groups is 1. The molecule has 180 valence electrons. The van der Waals surface area contributed by atoms with E-state index in [9.17, 15) is 9.59 Å². The van der Waals surface area contributed by atoms with Crippen molar-refractivity contribution in [1.82, 2.24) is 16.1 Å². The third-order valence-electron chi connectivity index (χ3n) is 6.63. The number of hydrazine groups is 1. The number of aryl methyl sites for hydroxylation is 2. The largest absolute Gasteiger partial charge is 0.358 e. The van der Waals surface area contributed by atoms with Gasteiger partial charge in [-0.1, -0.05) is 17.7 Å². The zero-order valence-electron chi connectivity index (χ0n) is 19.3. The monoisotopic (exact) mass is 497 g/mol. The number of fused-ring (bicyclic) bond motifs is 1. The van der Waals surface area contributed by atoms with Crippen LogP contribution in [0.5, 0.6) is 0 Å². The molecule has 3 aliphatic rings. The van der Waals surface area contributed by atoms with Gasteiger partial charge in [0.05, 0.1) is 11.3 Å². The van der Waals surface area contributed by atoms with Crippen molar-refractivity contribution in [3.63, 3.8) is 0 Å². The molecule has 7 nitrogen and oxygen atoms in total. The Labute approximate surface area is 209 Å². The highest BCUT2D eigenvalue weighted by Crippen LogP contribution is 2.40. The number of benzene rings is 1. The summed E-state index contributed by atoms with van der Waals surface area (Å²) in [4.78, 5) is 26.9. The molecule has 5 rings (SSSR count). The molecule has 1 aromatic heterocycles. The molecule has 1 unspecified atom stereocenters. The van der Waals surface area contributed by atoms with Crippen LogP contribution in [0.3, 0.4) is 0 Å². The van der Waals surface area contributed by atoms with Gasteiger partial charge in [0, 0.05) is 23.4 Å². The van der Waals surface area contributed by atoms with Gasteiger partial charge in [-0.2, -0.15) is 0 Å². The molecule has 1 heterocycles.